The Hall–Kier alpha value is -0.880. The van der Waals surface area contributed by atoms with Crippen LogP contribution in [0.25, 0.3) is 0 Å². The van der Waals surface area contributed by atoms with Gasteiger partial charge in [-0.2, -0.15) is 0 Å². The second-order valence-electron chi connectivity index (χ2n) is 4.81. The minimum absolute atomic E-state index is 0.240. The van der Waals surface area contributed by atoms with Crippen molar-refractivity contribution in [2.75, 3.05) is 19.7 Å². The lowest BCUT2D eigenvalue weighted by Gasteiger charge is -2.26. The SMILES string of the molecule is CCC(O)(CC)CNCC(O)COCc1ccco1. The highest BCUT2D eigenvalue weighted by molar-refractivity contribution is 4.96. The van der Waals surface area contributed by atoms with E-state index >= 15 is 0 Å². The van der Waals surface area contributed by atoms with E-state index in [2.05, 4.69) is 5.32 Å². The first-order chi connectivity index (χ1) is 9.09. The van der Waals surface area contributed by atoms with Crippen LogP contribution in [0.1, 0.15) is 32.4 Å². The maximum absolute atomic E-state index is 10.1. The van der Waals surface area contributed by atoms with Crippen LogP contribution >= 0.6 is 0 Å². The Morgan fingerprint density at radius 1 is 1.42 bits per heavy atom. The molecule has 110 valence electrons. The van der Waals surface area contributed by atoms with Crippen molar-refractivity contribution in [1.82, 2.24) is 5.32 Å². The molecule has 0 radical (unpaired) electrons. The van der Waals surface area contributed by atoms with E-state index in [1.54, 1.807) is 12.3 Å². The molecule has 0 spiro atoms. The molecule has 0 aliphatic carbocycles. The Kier molecular flexibility index (Phi) is 7.09. The first-order valence-corrected chi connectivity index (χ1v) is 6.81. The van der Waals surface area contributed by atoms with E-state index in [1.807, 2.05) is 19.9 Å². The Morgan fingerprint density at radius 2 is 2.16 bits per heavy atom. The molecular weight excluding hydrogens is 246 g/mol. The van der Waals surface area contributed by atoms with Crippen molar-refractivity contribution in [3.8, 4) is 0 Å². The van der Waals surface area contributed by atoms with Gasteiger partial charge in [0.05, 0.1) is 24.6 Å². The highest BCUT2D eigenvalue weighted by Gasteiger charge is 2.21. The molecule has 19 heavy (non-hydrogen) atoms. The van der Waals surface area contributed by atoms with Gasteiger partial charge in [0, 0.05) is 13.1 Å². The van der Waals surface area contributed by atoms with Crippen molar-refractivity contribution in [1.29, 1.82) is 0 Å². The molecule has 1 heterocycles. The molecule has 0 bridgehead atoms. The van der Waals surface area contributed by atoms with E-state index < -0.39 is 11.7 Å². The molecule has 0 aliphatic rings. The van der Waals surface area contributed by atoms with Gasteiger partial charge in [-0.25, -0.2) is 0 Å². The van der Waals surface area contributed by atoms with Crippen molar-refractivity contribution in [3.63, 3.8) is 0 Å². The molecule has 0 aliphatic heterocycles. The number of nitrogens with one attached hydrogen (secondary N) is 1. The summed E-state index contributed by atoms with van der Waals surface area (Å²) in [5.41, 5.74) is -0.686. The molecular formula is C14H25NO4. The molecule has 0 fully saturated rings. The Labute approximate surface area is 114 Å². The van der Waals surface area contributed by atoms with Crippen LogP contribution in [0.5, 0.6) is 0 Å². The van der Waals surface area contributed by atoms with Crippen LogP contribution in [-0.4, -0.2) is 41.6 Å². The molecule has 1 aromatic heterocycles. The predicted octanol–water partition coefficient (Wildman–Crippen LogP) is 1.30. The number of ether oxygens (including phenoxy) is 1. The lowest BCUT2D eigenvalue weighted by atomic mass is 9.97. The summed E-state index contributed by atoms with van der Waals surface area (Å²) in [6.07, 6.45) is 2.39. The summed E-state index contributed by atoms with van der Waals surface area (Å²) < 4.78 is 10.4. The van der Waals surface area contributed by atoms with Gasteiger partial charge in [0.1, 0.15) is 12.4 Å². The zero-order valence-corrected chi connectivity index (χ0v) is 11.8. The largest absolute Gasteiger partial charge is 0.467 e. The summed E-state index contributed by atoms with van der Waals surface area (Å²) in [5, 5.41) is 22.8. The number of furan rings is 1. The second kappa shape index (κ2) is 8.32. The van der Waals surface area contributed by atoms with Gasteiger partial charge in [0.2, 0.25) is 0 Å². The first kappa shape index (κ1) is 16.2. The maximum atomic E-state index is 10.1. The molecule has 1 atom stereocenters. The van der Waals surface area contributed by atoms with Crippen LogP contribution in [0.4, 0.5) is 0 Å². The van der Waals surface area contributed by atoms with Crippen molar-refractivity contribution in [2.24, 2.45) is 0 Å². The number of hydrogen-bond donors (Lipinski definition) is 3. The third-order valence-electron chi connectivity index (χ3n) is 3.28. The lowest BCUT2D eigenvalue weighted by molar-refractivity contribution is 0.00973. The van der Waals surface area contributed by atoms with E-state index in [1.165, 1.54) is 0 Å². The molecule has 1 aromatic rings. The zero-order valence-electron chi connectivity index (χ0n) is 11.8. The third-order valence-corrected chi connectivity index (χ3v) is 3.28. The standard InChI is InChI=1S/C14H25NO4/c1-3-14(17,4-2)11-15-8-12(16)9-18-10-13-6-5-7-19-13/h5-7,12,15-17H,3-4,8-11H2,1-2H3. The molecule has 1 unspecified atom stereocenters. The van der Waals surface area contributed by atoms with E-state index in [-0.39, 0.29) is 6.61 Å². The Balaban J connectivity index is 2.09. The Bertz CT molecular complexity index is 322. The van der Waals surface area contributed by atoms with Gasteiger partial charge in [0.15, 0.2) is 0 Å². The van der Waals surface area contributed by atoms with Crippen LogP contribution in [0, 0.1) is 0 Å². The predicted molar refractivity (Wildman–Crippen MR) is 72.8 cm³/mol. The van der Waals surface area contributed by atoms with Crippen molar-refractivity contribution in [2.45, 2.75) is 45.0 Å². The van der Waals surface area contributed by atoms with Gasteiger partial charge < -0.3 is 24.7 Å². The minimum Gasteiger partial charge on any atom is -0.467 e. The smallest absolute Gasteiger partial charge is 0.129 e. The van der Waals surface area contributed by atoms with Crippen molar-refractivity contribution >= 4 is 0 Å². The molecule has 0 saturated heterocycles. The van der Waals surface area contributed by atoms with Crippen LogP contribution in [0.3, 0.4) is 0 Å². The number of hydrogen-bond acceptors (Lipinski definition) is 5. The fourth-order valence-corrected chi connectivity index (χ4v) is 1.72. The zero-order chi connectivity index (χ0) is 14.1. The van der Waals surface area contributed by atoms with E-state index in [9.17, 15) is 10.2 Å². The number of aliphatic hydroxyl groups excluding tert-OH is 1. The van der Waals surface area contributed by atoms with E-state index in [4.69, 9.17) is 9.15 Å². The average molecular weight is 271 g/mol. The molecule has 0 amide bonds. The fourth-order valence-electron chi connectivity index (χ4n) is 1.72. The normalized spacial score (nSPS) is 13.7. The number of aliphatic hydroxyl groups is 2. The summed E-state index contributed by atoms with van der Waals surface area (Å²) in [5.74, 6) is 0.742. The quantitative estimate of drug-likeness (QED) is 0.598. The second-order valence-corrected chi connectivity index (χ2v) is 4.81. The van der Waals surface area contributed by atoms with E-state index in [0.717, 1.165) is 5.76 Å². The fraction of sp³-hybridized carbons (Fsp3) is 0.714. The summed E-state index contributed by atoms with van der Waals surface area (Å²) >= 11 is 0. The molecule has 1 rings (SSSR count). The summed E-state index contributed by atoms with van der Waals surface area (Å²) in [4.78, 5) is 0. The highest BCUT2D eigenvalue weighted by atomic mass is 16.5. The topological polar surface area (TPSA) is 74.9 Å². The monoisotopic (exact) mass is 271 g/mol. The van der Waals surface area contributed by atoms with Crippen molar-refractivity contribution in [3.05, 3.63) is 24.2 Å². The van der Waals surface area contributed by atoms with Crippen LogP contribution in [0.2, 0.25) is 0 Å². The summed E-state index contributed by atoms with van der Waals surface area (Å²) in [6, 6.07) is 3.63. The van der Waals surface area contributed by atoms with Crippen molar-refractivity contribution < 1.29 is 19.4 Å². The number of rotatable bonds is 10. The molecule has 3 N–H and O–H groups in total. The molecule has 0 saturated carbocycles. The minimum atomic E-state index is -0.686. The molecule has 0 aromatic carbocycles. The van der Waals surface area contributed by atoms with Crippen LogP contribution in [-0.2, 0) is 11.3 Å². The van der Waals surface area contributed by atoms with Gasteiger partial charge >= 0.3 is 0 Å². The average Bonchev–Trinajstić information content (AvgIpc) is 2.91. The first-order valence-electron chi connectivity index (χ1n) is 6.81. The van der Waals surface area contributed by atoms with Gasteiger partial charge in [-0.05, 0) is 25.0 Å². The molecule has 5 nitrogen and oxygen atoms in total. The van der Waals surface area contributed by atoms with Crippen LogP contribution < -0.4 is 5.32 Å². The Morgan fingerprint density at radius 3 is 2.74 bits per heavy atom. The summed E-state index contributed by atoms with van der Waals surface area (Å²) in [6.45, 7) is 5.39. The van der Waals surface area contributed by atoms with Crippen LogP contribution in [0.15, 0.2) is 22.8 Å². The molecule has 5 heteroatoms. The third kappa shape index (κ3) is 6.20. The maximum Gasteiger partial charge on any atom is 0.129 e. The van der Waals surface area contributed by atoms with Gasteiger partial charge in [0.25, 0.3) is 0 Å². The highest BCUT2D eigenvalue weighted by Crippen LogP contribution is 2.12. The van der Waals surface area contributed by atoms with E-state index in [0.29, 0.717) is 32.5 Å². The van der Waals surface area contributed by atoms with Gasteiger partial charge in [-0.1, -0.05) is 13.8 Å². The lowest BCUT2D eigenvalue weighted by Crippen LogP contribution is -2.42. The van der Waals surface area contributed by atoms with Gasteiger partial charge in [-0.3, -0.25) is 0 Å². The van der Waals surface area contributed by atoms with Gasteiger partial charge in [-0.15, -0.1) is 0 Å². The summed E-state index contributed by atoms with van der Waals surface area (Å²) in [7, 11) is 0.